The Hall–Kier alpha value is -2.20. The van der Waals surface area contributed by atoms with Gasteiger partial charge >= 0.3 is 5.97 Å². The van der Waals surface area contributed by atoms with Crippen LogP contribution in [0.5, 0.6) is 0 Å². The summed E-state index contributed by atoms with van der Waals surface area (Å²) >= 11 is 0. The highest BCUT2D eigenvalue weighted by atomic mass is 16.4. The van der Waals surface area contributed by atoms with E-state index in [4.69, 9.17) is 16.6 Å². The summed E-state index contributed by atoms with van der Waals surface area (Å²) in [6.45, 7) is 4.83. The van der Waals surface area contributed by atoms with E-state index >= 15 is 0 Å². The molecule has 3 amide bonds. The lowest BCUT2D eigenvalue weighted by Crippen LogP contribution is -2.58. The van der Waals surface area contributed by atoms with Gasteiger partial charge in [-0.3, -0.25) is 14.4 Å². The molecule has 0 saturated heterocycles. The van der Waals surface area contributed by atoms with Crippen LogP contribution in [0.25, 0.3) is 0 Å². The molecular formula is C14H26N4O6. The van der Waals surface area contributed by atoms with E-state index < -0.39 is 54.3 Å². The summed E-state index contributed by atoms with van der Waals surface area (Å²) < 4.78 is 0. The first-order valence-electron chi connectivity index (χ1n) is 7.51. The van der Waals surface area contributed by atoms with E-state index in [0.717, 1.165) is 0 Å². The molecule has 0 aromatic carbocycles. The number of carboxylic acids is 1. The van der Waals surface area contributed by atoms with Gasteiger partial charge < -0.3 is 32.3 Å². The Morgan fingerprint density at radius 1 is 1.04 bits per heavy atom. The molecule has 0 aliphatic carbocycles. The number of carbonyl (C=O) groups is 4. The largest absolute Gasteiger partial charge is 0.480 e. The third-order valence-corrected chi connectivity index (χ3v) is 3.14. The Balaban J connectivity index is 4.97. The quantitative estimate of drug-likeness (QED) is 0.256. The van der Waals surface area contributed by atoms with Gasteiger partial charge in [0.2, 0.25) is 17.7 Å². The monoisotopic (exact) mass is 346 g/mol. The molecule has 8 N–H and O–H groups in total. The summed E-state index contributed by atoms with van der Waals surface area (Å²) in [5.74, 6) is -3.73. The maximum atomic E-state index is 12.2. The average Bonchev–Trinajstić information content (AvgIpc) is 2.41. The zero-order valence-corrected chi connectivity index (χ0v) is 14.0. The van der Waals surface area contributed by atoms with Gasteiger partial charge in [-0.05, 0) is 19.3 Å². The number of rotatable bonds is 10. The smallest absolute Gasteiger partial charge is 0.326 e. The maximum absolute atomic E-state index is 12.2. The van der Waals surface area contributed by atoms with Crippen molar-refractivity contribution < 1.29 is 29.4 Å². The minimum Gasteiger partial charge on any atom is -0.480 e. The molecule has 0 radical (unpaired) electrons. The SMILES string of the molecule is CC(C)C[C@H](NC(=O)[C@H](NC(=O)[C@H](N)CC(N)=O)[C@H](C)O)C(=O)O. The highest BCUT2D eigenvalue weighted by molar-refractivity contribution is 5.93. The van der Waals surface area contributed by atoms with Gasteiger partial charge in [0.25, 0.3) is 0 Å². The molecule has 24 heavy (non-hydrogen) atoms. The molecule has 0 aliphatic heterocycles. The van der Waals surface area contributed by atoms with Gasteiger partial charge in [-0.2, -0.15) is 0 Å². The molecule has 0 spiro atoms. The third kappa shape index (κ3) is 7.88. The van der Waals surface area contributed by atoms with Gasteiger partial charge in [-0.1, -0.05) is 13.8 Å². The number of hydrogen-bond acceptors (Lipinski definition) is 6. The number of nitrogens with one attached hydrogen (secondary N) is 2. The van der Waals surface area contributed by atoms with Crippen molar-refractivity contribution in [2.24, 2.45) is 17.4 Å². The van der Waals surface area contributed by atoms with Crippen LogP contribution in [0.1, 0.15) is 33.6 Å². The zero-order valence-electron chi connectivity index (χ0n) is 14.0. The van der Waals surface area contributed by atoms with Crippen molar-refractivity contribution in [1.29, 1.82) is 0 Å². The summed E-state index contributed by atoms with van der Waals surface area (Å²) in [4.78, 5) is 46.0. The Labute approximate surface area is 139 Å². The lowest BCUT2D eigenvalue weighted by Gasteiger charge is -2.25. The van der Waals surface area contributed by atoms with Crippen LogP contribution in [0.2, 0.25) is 0 Å². The highest BCUT2D eigenvalue weighted by Gasteiger charge is 2.31. The maximum Gasteiger partial charge on any atom is 0.326 e. The molecule has 0 rings (SSSR count). The second-order valence-corrected chi connectivity index (χ2v) is 6.03. The first kappa shape index (κ1) is 21.8. The van der Waals surface area contributed by atoms with E-state index in [2.05, 4.69) is 10.6 Å². The number of carboxylic acid groups (broad SMARTS) is 1. The summed E-state index contributed by atoms with van der Waals surface area (Å²) in [6.07, 6.45) is -1.54. The lowest BCUT2D eigenvalue weighted by molar-refractivity contribution is -0.143. The first-order chi connectivity index (χ1) is 11.0. The summed E-state index contributed by atoms with van der Waals surface area (Å²) in [7, 11) is 0. The molecule has 0 saturated carbocycles. The van der Waals surface area contributed by atoms with Crippen molar-refractivity contribution in [2.45, 2.75) is 57.8 Å². The second kappa shape index (κ2) is 9.83. The number of hydrogen-bond donors (Lipinski definition) is 6. The molecule has 0 aromatic heterocycles. The van der Waals surface area contributed by atoms with Crippen LogP contribution >= 0.6 is 0 Å². The third-order valence-electron chi connectivity index (χ3n) is 3.14. The van der Waals surface area contributed by atoms with Gasteiger partial charge in [0, 0.05) is 0 Å². The summed E-state index contributed by atoms with van der Waals surface area (Å²) in [6, 6.07) is -3.84. The second-order valence-electron chi connectivity index (χ2n) is 6.03. The van der Waals surface area contributed by atoms with Crippen LogP contribution < -0.4 is 22.1 Å². The Morgan fingerprint density at radius 2 is 1.58 bits per heavy atom. The van der Waals surface area contributed by atoms with Crippen LogP contribution in [0.4, 0.5) is 0 Å². The molecule has 0 fully saturated rings. The van der Waals surface area contributed by atoms with E-state index in [1.165, 1.54) is 6.92 Å². The van der Waals surface area contributed by atoms with Crippen molar-refractivity contribution >= 4 is 23.7 Å². The molecule has 10 heteroatoms. The number of aliphatic hydroxyl groups is 1. The normalized spacial score (nSPS) is 15.9. The minimum atomic E-state index is -1.41. The number of aliphatic carboxylic acids is 1. The Morgan fingerprint density at radius 3 is 1.96 bits per heavy atom. The predicted molar refractivity (Wildman–Crippen MR) is 84.4 cm³/mol. The van der Waals surface area contributed by atoms with Crippen LogP contribution in [-0.4, -0.2) is 58.1 Å². The molecule has 0 aliphatic rings. The topological polar surface area (TPSA) is 185 Å². The average molecular weight is 346 g/mol. The van der Waals surface area contributed by atoms with E-state index in [1.807, 2.05) is 0 Å². The van der Waals surface area contributed by atoms with Gasteiger partial charge in [0.05, 0.1) is 18.6 Å². The van der Waals surface area contributed by atoms with Crippen LogP contribution in [0, 0.1) is 5.92 Å². The van der Waals surface area contributed by atoms with E-state index in [9.17, 15) is 24.3 Å². The molecule has 138 valence electrons. The zero-order chi connectivity index (χ0) is 19.0. The number of aliphatic hydroxyl groups excluding tert-OH is 1. The molecule has 0 bridgehead atoms. The van der Waals surface area contributed by atoms with E-state index in [-0.39, 0.29) is 12.3 Å². The highest BCUT2D eigenvalue weighted by Crippen LogP contribution is 2.06. The van der Waals surface area contributed by atoms with Gasteiger partial charge in [0.1, 0.15) is 12.1 Å². The molecule has 4 atom stereocenters. The predicted octanol–water partition coefficient (Wildman–Crippen LogP) is -2.33. The number of carbonyl (C=O) groups excluding carboxylic acids is 3. The fraction of sp³-hybridized carbons (Fsp3) is 0.714. The van der Waals surface area contributed by atoms with Crippen molar-refractivity contribution in [1.82, 2.24) is 10.6 Å². The van der Waals surface area contributed by atoms with Crippen LogP contribution in [0.3, 0.4) is 0 Å². The number of amides is 3. The summed E-state index contributed by atoms with van der Waals surface area (Å²) in [5, 5.41) is 23.3. The Bertz CT molecular complexity index is 480. The van der Waals surface area contributed by atoms with Crippen molar-refractivity contribution in [3.05, 3.63) is 0 Å². The molecule has 0 unspecified atom stereocenters. The van der Waals surface area contributed by atoms with Crippen molar-refractivity contribution in [2.75, 3.05) is 0 Å². The van der Waals surface area contributed by atoms with Gasteiger partial charge in [-0.15, -0.1) is 0 Å². The van der Waals surface area contributed by atoms with Crippen molar-refractivity contribution in [3.63, 3.8) is 0 Å². The molecule has 0 aromatic rings. The standard InChI is InChI=1S/C14H26N4O6/c1-6(2)4-9(14(23)24)17-13(22)11(7(3)19)18-12(21)8(15)5-10(16)20/h6-9,11,19H,4-5,15H2,1-3H3,(H2,16,20)(H,17,22)(H,18,21)(H,23,24)/t7-,8+,9-,11+/m0/s1. The summed E-state index contributed by atoms with van der Waals surface area (Å²) in [5.41, 5.74) is 10.4. The van der Waals surface area contributed by atoms with Crippen LogP contribution in [-0.2, 0) is 19.2 Å². The Kier molecular flexibility index (Phi) is 8.93. The fourth-order valence-corrected chi connectivity index (χ4v) is 1.93. The lowest BCUT2D eigenvalue weighted by atomic mass is 10.0. The van der Waals surface area contributed by atoms with Gasteiger partial charge in [0.15, 0.2) is 0 Å². The van der Waals surface area contributed by atoms with Gasteiger partial charge in [-0.25, -0.2) is 4.79 Å². The van der Waals surface area contributed by atoms with Crippen molar-refractivity contribution in [3.8, 4) is 0 Å². The molecular weight excluding hydrogens is 320 g/mol. The minimum absolute atomic E-state index is 0.00924. The number of nitrogens with two attached hydrogens (primary N) is 2. The first-order valence-corrected chi connectivity index (χ1v) is 7.51. The van der Waals surface area contributed by atoms with Crippen LogP contribution in [0.15, 0.2) is 0 Å². The number of primary amides is 1. The van der Waals surface area contributed by atoms with E-state index in [1.54, 1.807) is 13.8 Å². The molecule has 0 heterocycles. The van der Waals surface area contributed by atoms with E-state index in [0.29, 0.717) is 0 Å². The fourth-order valence-electron chi connectivity index (χ4n) is 1.93. The molecule has 10 nitrogen and oxygen atoms in total.